The summed E-state index contributed by atoms with van der Waals surface area (Å²) in [6.07, 6.45) is 8.79. The van der Waals surface area contributed by atoms with Crippen molar-refractivity contribution in [3.8, 4) is 23.0 Å². The maximum atomic E-state index is 13.6. The SMILES string of the molecule is COc1cc(C(=O)N2CCC3(CC3)C2)c(N)cc1OCCCCCOc1cc(N)c(C(=O)N2CC3(CC3)C[C@H]2COC(C)=O)cc1OC. The summed E-state index contributed by atoms with van der Waals surface area (Å²) >= 11 is 0. The topological polar surface area (TPSA) is 156 Å². The third kappa shape index (κ3) is 7.22. The summed E-state index contributed by atoms with van der Waals surface area (Å²) in [5, 5.41) is 0. The van der Waals surface area contributed by atoms with Gasteiger partial charge >= 0.3 is 5.97 Å². The van der Waals surface area contributed by atoms with Crippen LogP contribution in [-0.2, 0) is 9.53 Å². The van der Waals surface area contributed by atoms with Crippen molar-refractivity contribution in [2.75, 3.05) is 65.1 Å². The van der Waals surface area contributed by atoms with Gasteiger partial charge in [0.2, 0.25) is 0 Å². The van der Waals surface area contributed by atoms with Crippen LogP contribution in [0.3, 0.4) is 0 Å². The van der Waals surface area contributed by atoms with Crippen molar-refractivity contribution in [1.82, 2.24) is 9.80 Å². The molecule has 4 fully saturated rings. The normalized spacial score (nSPS) is 19.8. The highest BCUT2D eigenvalue weighted by atomic mass is 16.5. The van der Waals surface area contributed by atoms with E-state index in [9.17, 15) is 14.4 Å². The van der Waals surface area contributed by atoms with Crippen LogP contribution in [0.5, 0.6) is 23.0 Å². The molecule has 0 aromatic heterocycles. The lowest BCUT2D eigenvalue weighted by Gasteiger charge is -2.25. The average Bonchev–Trinajstić information content (AvgIpc) is 3.92. The quantitative estimate of drug-likeness (QED) is 0.165. The smallest absolute Gasteiger partial charge is 0.302 e. The van der Waals surface area contributed by atoms with E-state index in [2.05, 4.69) is 0 Å². The summed E-state index contributed by atoms with van der Waals surface area (Å²) in [6.45, 7) is 4.63. The second kappa shape index (κ2) is 13.6. The zero-order valence-electron chi connectivity index (χ0n) is 28.3. The van der Waals surface area contributed by atoms with E-state index < -0.39 is 0 Å². The van der Waals surface area contributed by atoms with Crippen molar-refractivity contribution in [3.05, 3.63) is 35.4 Å². The Hall–Kier alpha value is -4.35. The number of benzene rings is 2. The molecule has 48 heavy (non-hydrogen) atoms. The summed E-state index contributed by atoms with van der Waals surface area (Å²) in [5.41, 5.74) is 14.6. The van der Waals surface area contributed by atoms with E-state index in [0.29, 0.717) is 70.7 Å². The van der Waals surface area contributed by atoms with E-state index in [1.807, 2.05) is 4.90 Å². The van der Waals surface area contributed by atoms with E-state index in [4.69, 9.17) is 35.2 Å². The fraction of sp³-hybridized carbons (Fsp3) is 0.583. The number of unbranched alkanes of at least 4 members (excludes halogenated alkanes) is 2. The summed E-state index contributed by atoms with van der Waals surface area (Å²) in [7, 11) is 3.09. The molecule has 2 aliphatic carbocycles. The van der Waals surface area contributed by atoms with Gasteiger partial charge in [-0.1, -0.05) is 0 Å². The third-order valence-corrected chi connectivity index (χ3v) is 10.4. The maximum Gasteiger partial charge on any atom is 0.302 e. The predicted octanol–water partition coefficient (Wildman–Crippen LogP) is 4.68. The number of ether oxygens (including phenoxy) is 5. The molecule has 12 heteroatoms. The zero-order chi connectivity index (χ0) is 34.1. The van der Waals surface area contributed by atoms with Crippen LogP contribution >= 0.6 is 0 Å². The van der Waals surface area contributed by atoms with Crippen LogP contribution in [0.1, 0.15) is 85.4 Å². The molecule has 4 aliphatic rings. The Morgan fingerprint density at radius 3 is 1.81 bits per heavy atom. The van der Waals surface area contributed by atoms with E-state index in [-0.39, 0.29) is 35.8 Å². The Morgan fingerprint density at radius 1 is 0.750 bits per heavy atom. The first kappa shape index (κ1) is 33.5. The number of esters is 1. The number of hydrogen-bond acceptors (Lipinski definition) is 10. The first-order chi connectivity index (χ1) is 23.1. The van der Waals surface area contributed by atoms with Crippen LogP contribution in [-0.4, -0.2) is 87.3 Å². The minimum absolute atomic E-state index is 0.0521. The highest BCUT2D eigenvalue weighted by molar-refractivity contribution is 6.01. The Morgan fingerprint density at radius 2 is 1.31 bits per heavy atom. The summed E-state index contributed by atoms with van der Waals surface area (Å²) in [5.74, 6) is 1.28. The molecule has 2 aromatic rings. The van der Waals surface area contributed by atoms with E-state index in [0.717, 1.165) is 58.0 Å². The predicted molar refractivity (Wildman–Crippen MR) is 180 cm³/mol. The number of carbonyl (C=O) groups is 3. The molecule has 2 aromatic carbocycles. The number of nitrogen functional groups attached to an aromatic ring is 2. The van der Waals surface area contributed by atoms with E-state index in [1.165, 1.54) is 26.9 Å². The van der Waals surface area contributed by atoms with Crippen LogP contribution in [0.25, 0.3) is 0 Å². The number of likely N-dealkylation sites (tertiary alicyclic amines) is 2. The first-order valence-electron chi connectivity index (χ1n) is 17.0. The van der Waals surface area contributed by atoms with Crippen molar-refractivity contribution < 1.29 is 38.1 Å². The maximum absolute atomic E-state index is 13.6. The van der Waals surface area contributed by atoms with Gasteiger partial charge in [-0.25, -0.2) is 0 Å². The summed E-state index contributed by atoms with van der Waals surface area (Å²) in [4.78, 5) is 41.9. The molecular formula is C36H48N4O8. The molecule has 1 atom stereocenters. The monoisotopic (exact) mass is 664 g/mol. The molecule has 2 spiro atoms. The molecular weight excluding hydrogens is 616 g/mol. The van der Waals surface area contributed by atoms with Gasteiger partial charge in [-0.3, -0.25) is 14.4 Å². The molecule has 2 aliphatic heterocycles. The molecule has 12 nitrogen and oxygen atoms in total. The van der Waals surface area contributed by atoms with Crippen LogP contribution in [0.15, 0.2) is 24.3 Å². The Bertz CT molecular complexity index is 1550. The van der Waals surface area contributed by atoms with Crippen LogP contribution in [0, 0.1) is 10.8 Å². The van der Waals surface area contributed by atoms with E-state index >= 15 is 0 Å². The summed E-state index contributed by atoms with van der Waals surface area (Å²) in [6, 6.07) is 6.46. The fourth-order valence-electron chi connectivity index (χ4n) is 7.13. The lowest BCUT2D eigenvalue weighted by molar-refractivity contribution is -0.142. The largest absolute Gasteiger partial charge is 0.493 e. The Labute approximate surface area is 281 Å². The number of carbonyl (C=O) groups excluding carboxylic acids is 3. The number of amides is 2. The van der Waals surface area contributed by atoms with Gasteiger partial charge in [0.15, 0.2) is 23.0 Å². The number of methoxy groups -OCH3 is 2. The fourth-order valence-corrected chi connectivity index (χ4v) is 7.13. The lowest BCUT2D eigenvalue weighted by Crippen LogP contribution is -2.39. The van der Waals surface area contributed by atoms with Crippen molar-refractivity contribution in [2.24, 2.45) is 10.8 Å². The molecule has 2 heterocycles. The van der Waals surface area contributed by atoms with Gasteiger partial charge in [-0.15, -0.1) is 0 Å². The van der Waals surface area contributed by atoms with Crippen molar-refractivity contribution in [1.29, 1.82) is 0 Å². The number of hydrogen-bond donors (Lipinski definition) is 2. The van der Waals surface area contributed by atoms with Crippen LogP contribution < -0.4 is 30.4 Å². The lowest BCUT2D eigenvalue weighted by atomic mass is 10.0. The van der Waals surface area contributed by atoms with Crippen molar-refractivity contribution >= 4 is 29.2 Å². The molecule has 4 N–H and O–H groups in total. The molecule has 0 unspecified atom stereocenters. The molecule has 2 saturated carbocycles. The van der Waals surface area contributed by atoms with Gasteiger partial charge in [0.25, 0.3) is 11.8 Å². The standard InChI is InChI=1S/C36H48N4O8/c1-23(41)48-20-24-19-36(9-10-36)22-40(24)34(43)26-16-30(45-3)32(18-28(26)38)47-14-6-4-5-13-46-31-17-27(37)25(15-29(31)44-2)33(42)39-12-11-35(21-39)7-8-35/h15-18,24H,4-14,19-22,37-38H2,1-3H3/t24-/m0/s1. The minimum Gasteiger partial charge on any atom is -0.493 e. The highest BCUT2D eigenvalue weighted by Gasteiger charge is 2.53. The third-order valence-electron chi connectivity index (χ3n) is 10.4. The number of rotatable bonds is 14. The number of nitrogens with two attached hydrogens (primary N) is 2. The van der Waals surface area contributed by atoms with Gasteiger partial charge in [0.05, 0.1) is 44.6 Å². The van der Waals surface area contributed by atoms with E-state index in [1.54, 1.807) is 36.3 Å². The molecule has 260 valence electrons. The van der Waals surface area contributed by atoms with Crippen molar-refractivity contribution in [3.63, 3.8) is 0 Å². The molecule has 0 bridgehead atoms. The van der Waals surface area contributed by atoms with Gasteiger partial charge in [-0.2, -0.15) is 0 Å². The van der Waals surface area contributed by atoms with Crippen LogP contribution in [0.2, 0.25) is 0 Å². The van der Waals surface area contributed by atoms with Crippen LogP contribution in [0.4, 0.5) is 11.4 Å². The first-order valence-corrected chi connectivity index (χ1v) is 17.0. The molecule has 2 amide bonds. The highest BCUT2D eigenvalue weighted by Crippen LogP contribution is 2.55. The number of anilines is 2. The molecule has 0 radical (unpaired) electrons. The minimum atomic E-state index is -0.359. The molecule has 6 rings (SSSR count). The second-order valence-corrected chi connectivity index (χ2v) is 14.0. The summed E-state index contributed by atoms with van der Waals surface area (Å²) < 4.78 is 28.4. The van der Waals surface area contributed by atoms with Gasteiger partial charge in [-0.05, 0) is 80.8 Å². The number of nitrogens with zero attached hydrogens (tertiary/aromatic N) is 2. The van der Waals surface area contributed by atoms with Gasteiger partial charge in [0.1, 0.15) is 6.61 Å². The second-order valence-electron chi connectivity index (χ2n) is 14.0. The Balaban J connectivity index is 0.973. The molecule has 2 saturated heterocycles. The van der Waals surface area contributed by atoms with Crippen molar-refractivity contribution in [2.45, 2.75) is 70.8 Å². The van der Waals surface area contributed by atoms with Gasteiger partial charge < -0.3 is 45.0 Å². The Kier molecular flexibility index (Phi) is 9.53. The average molecular weight is 665 g/mol. The van der Waals surface area contributed by atoms with Gasteiger partial charge in [0, 0.05) is 50.1 Å². The zero-order valence-corrected chi connectivity index (χ0v) is 28.3.